The van der Waals surface area contributed by atoms with E-state index in [0.717, 1.165) is 0 Å². The Morgan fingerprint density at radius 2 is 1.33 bits per heavy atom. The smallest absolute Gasteiger partial charge is 0.691 e. The van der Waals surface area contributed by atoms with Gasteiger partial charge in [0.2, 0.25) is 0 Å². The van der Waals surface area contributed by atoms with Crippen molar-refractivity contribution in [2.24, 2.45) is 0 Å². The summed E-state index contributed by atoms with van der Waals surface area (Å²) in [6.07, 6.45) is 0.106. The van der Waals surface area contributed by atoms with Gasteiger partial charge in [-0.1, -0.05) is 11.8 Å². The van der Waals surface area contributed by atoms with Crippen molar-refractivity contribution in [3.8, 4) is 0 Å². The van der Waals surface area contributed by atoms with Gasteiger partial charge >= 0.3 is 17.1 Å². The zero-order chi connectivity index (χ0) is 9.07. The molecule has 0 aliphatic rings. The third kappa shape index (κ3) is 9.53. The predicted molar refractivity (Wildman–Crippen MR) is 54.1 cm³/mol. The quantitative estimate of drug-likeness (QED) is 0.446. The van der Waals surface area contributed by atoms with Crippen LogP contribution in [0.1, 0.15) is 27.7 Å². The van der Waals surface area contributed by atoms with Gasteiger partial charge in [-0.25, -0.2) is 0 Å². The second kappa shape index (κ2) is 6.83. The van der Waals surface area contributed by atoms with Gasteiger partial charge in [-0.05, 0) is 27.7 Å². The largest absolute Gasteiger partial charge is 1.00 e. The molecule has 0 radical (unpaired) electrons. The van der Waals surface area contributed by atoms with E-state index < -0.39 is 5.69 Å². The zero-order valence-corrected chi connectivity index (χ0v) is 11.0. The van der Waals surface area contributed by atoms with E-state index in [4.69, 9.17) is 33.1 Å². The zero-order valence-electron chi connectivity index (χ0n) is 7.54. The molecule has 0 aliphatic carbocycles. The van der Waals surface area contributed by atoms with Crippen LogP contribution >= 0.6 is 5.69 Å². The van der Waals surface area contributed by atoms with Crippen LogP contribution in [0.15, 0.2) is 0 Å². The summed E-state index contributed by atoms with van der Waals surface area (Å²) in [7, 11) is 0. The molecule has 0 aromatic heterocycles. The van der Waals surface area contributed by atoms with Gasteiger partial charge in [-0.2, -0.15) is 0 Å². The number of hydrogen-bond donors (Lipinski definition) is 0. The fraction of sp³-hybridized carbons (Fsp3) is 1.00. The summed E-state index contributed by atoms with van der Waals surface area (Å²) >= 11 is 9.95. The van der Waals surface area contributed by atoms with Gasteiger partial charge in [0.25, 0.3) is 0 Å². The SMILES string of the molecule is CC(C)OP(=S)([S-])OC(C)C.[Cu+]. The molecule has 0 aromatic rings. The van der Waals surface area contributed by atoms with Crippen molar-refractivity contribution in [2.75, 3.05) is 0 Å². The van der Waals surface area contributed by atoms with E-state index in [9.17, 15) is 0 Å². The van der Waals surface area contributed by atoms with Gasteiger partial charge in [0.05, 0.1) is 17.9 Å². The fourth-order valence-electron chi connectivity index (χ4n) is 0.541. The van der Waals surface area contributed by atoms with Gasteiger partial charge in [0.1, 0.15) is 0 Å². The molecule has 0 unspecified atom stereocenters. The standard InChI is InChI=1S/C6H15O2PS2.Cu/c1-5(2)7-9(10,11)8-6(3)4;/h5-6H,1-4H3,(H,10,11);/q;+1/p-1. The van der Waals surface area contributed by atoms with Gasteiger partial charge < -0.3 is 21.3 Å². The Morgan fingerprint density at radius 3 is 1.50 bits per heavy atom. The molecule has 0 rings (SSSR count). The minimum absolute atomic E-state index is 0. The topological polar surface area (TPSA) is 18.5 Å². The van der Waals surface area contributed by atoms with Crippen LogP contribution in [0.4, 0.5) is 0 Å². The van der Waals surface area contributed by atoms with Crippen LogP contribution < -0.4 is 0 Å². The molecule has 6 heteroatoms. The molecule has 0 aliphatic heterocycles. The molecular formula is C6H14CuO2PS2. The van der Waals surface area contributed by atoms with Crippen LogP contribution in [0, 0.1) is 0 Å². The van der Waals surface area contributed by atoms with E-state index in [1.54, 1.807) is 0 Å². The molecule has 0 heterocycles. The third-order valence-corrected chi connectivity index (χ3v) is 3.07. The molecule has 0 bridgehead atoms. The van der Waals surface area contributed by atoms with Crippen molar-refractivity contribution in [3.63, 3.8) is 0 Å². The van der Waals surface area contributed by atoms with Crippen molar-refractivity contribution in [2.45, 2.75) is 39.9 Å². The number of hydrogen-bond acceptors (Lipinski definition) is 4. The molecule has 0 saturated heterocycles. The average Bonchev–Trinajstić information content (AvgIpc) is 1.53. The van der Waals surface area contributed by atoms with Crippen molar-refractivity contribution >= 4 is 29.7 Å². The Labute approximate surface area is 95.6 Å². The maximum absolute atomic E-state index is 5.27. The Kier molecular flexibility index (Phi) is 9.04. The van der Waals surface area contributed by atoms with E-state index in [1.165, 1.54) is 0 Å². The van der Waals surface area contributed by atoms with Crippen LogP contribution in [0.5, 0.6) is 0 Å². The molecule has 2 nitrogen and oxygen atoms in total. The van der Waals surface area contributed by atoms with Crippen molar-refractivity contribution in [3.05, 3.63) is 0 Å². The average molecular weight is 277 g/mol. The maximum Gasteiger partial charge on any atom is 1.00 e. The van der Waals surface area contributed by atoms with Crippen molar-refractivity contribution in [1.29, 1.82) is 0 Å². The molecule has 0 spiro atoms. The molecule has 0 saturated carbocycles. The Morgan fingerprint density at radius 1 is 1.08 bits per heavy atom. The summed E-state index contributed by atoms with van der Waals surface area (Å²) in [4.78, 5) is 0. The Bertz CT molecular complexity index is 150. The third-order valence-electron chi connectivity index (χ3n) is 0.680. The molecule has 0 N–H and O–H groups in total. The molecule has 78 valence electrons. The van der Waals surface area contributed by atoms with Gasteiger partial charge in [-0.15, -0.1) is 0 Å². The van der Waals surface area contributed by atoms with Gasteiger partial charge in [0, 0.05) is 0 Å². The maximum atomic E-state index is 5.27. The molecule has 0 amide bonds. The Hall–Kier alpha value is 1.44. The van der Waals surface area contributed by atoms with E-state index >= 15 is 0 Å². The minimum atomic E-state index is -2.39. The molecule has 0 atom stereocenters. The van der Waals surface area contributed by atoms with E-state index in [1.807, 2.05) is 27.7 Å². The monoisotopic (exact) mass is 276 g/mol. The summed E-state index contributed by atoms with van der Waals surface area (Å²) in [6.45, 7) is 7.60. The molecule has 0 fully saturated rings. The van der Waals surface area contributed by atoms with Crippen LogP contribution in [-0.4, -0.2) is 12.2 Å². The summed E-state index contributed by atoms with van der Waals surface area (Å²) in [5.41, 5.74) is -2.39. The second-order valence-corrected chi connectivity index (χ2v) is 7.65. The van der Waals surface area contributed by atoms with Gasteiger partial charge in [0.15, 0.2) is 0 Å². The van der Waals surface area contributed by atoms with E-state index in [-0.39, 0.29) is 29.3 Å². The molecule has 0 aromatic carbocycles. The normalized spacial score (nSPS) is 11.9. The Balaban J connectivity index is 0. The summed E-state index contributed by atoms with van der Waals surface area (Å²) in [6, 6.07) is 0. The second-order valence-electron chi connectivity index (χ2n) is 2.76. The number of rotatable bonds is 4. The summed E-state index contributed by atoms with van der Waals surface area (Å²) < 4.78 is 10.5. The van der Waals surface area contributed by atoms with Crippen molar-refractivity contribution < 1.29 is 26.1 Å². The predicted octanol–water partition coefficient (Wildman–Crippen LogP) is 2.61. The van der Waals surface area contributed by atoms with Crippen LogP contribution in [0.2, 0.25) is 0 Å². The van der Waals surface area contributed by atoms with E-state index in [0.29, 0.717) is 0 Å². The first kappa shape index (κ1) is 15.9. The van der Waals surface area contributed by atoms with Crippen LogP contribution in [0.3, 0.4) is 0 Å². The van der Waals surface area contributed by atoms with Gasteiger partial charge in [-0.3, -0.25) is 0 Å². The fourth-order valence-corrected chi connectivity index (χ4v) is 3.69. The summed E-state index contributed by atoms with van der Waals surface area (Å²) in [5.74, 6) is 0. The first-order valence-corrected chi connectivity index (χ1v) is 7.16. The minimum Gasteiger partial charge on any atom is -0.691 e. The summed E-state index contributed by atoms with van der Waals surface area (Å²) in [5, 5.41) is 0. The first-order chi connectivity index (χ1) is 4.83. The van der Waals surface area contributed by atoms with E-state index in [2.05, 4.69) is 0 Å². The van der Waals surface area contributed by atoms with Crippen LogP contribution in [-0.2, 0) is 50.2 Å². The molecule has 12 heavy (non-hydrogen) atoms. The first-order valence-electron chi connectivity index (χ1n) is 3.51. The molecular weight excluding hydrogens is 263 g/mol. The van der Waals surface area contributed by atoms with Crippen molar-refractivity contribution in [1.82, 2.24) is 0 Å². The van der Waals surface area contributed by atoms with Crippen LogP contribution in [0.25, 0.3) is 0 Å².